The number of carbonyl (C=O) groups is 1. The van der Waals surface area contributed by atoms with Crippen LogP contribution in [0.5, 0.6) is 11.5 Å². The average molecular weight is 303 g/mol. The Kier molecular flexibility index (Phi) is 4.55. The van der Waals surface area contributed by atoms with Crippen LogP contribution in [0.2, 0.25) is 0 Å². The molecule has 1 aromatic rings. The lowest BCUT2D eigenvalue weighted by Gasteiger charge is -2.29. The summed E-state index contributed by atoms with van der Waals surface area (Å²) in [6.45, 7) is 2.52. The maximum atomic E-state index is 13.0. The van der Waals surface area contributed by atoms with E-state index in [2.05, 4.69) is 4.90 Å². The zero-order valence-electron chi connectivity index (χ0n) is 13.5. The van der Waals surface area contributed by atoms with Crippen molar-refractivity contribution in [1.82, 2.24) is 4.90 Å². The number of benzene rings is 1. The third kappa shape index (κ3) is 3.06. The van der Waals surface area contributed by atoms with Crippen molar-refractivity contribution in [2.45, 2.75) is 57.5 Å². The second-order valence-corrected chi connectivity index (χ2v) is 6.18. The first-order chi connectivity index (χ1) is 10.7. The number of nitrogens with zero attached hydrogens (tertiary/aromatic N) is 1. The first-order valence-corrected chi connectivity index (χ1v) is 8.38. The van der Waals surface area contributed by atoms with Gasteiger partial charge in [-0.15, -0.1) is 0 Å². The number of carbonyl (C=O) groups excluding carboxylic acids is 1. The molecule has 0 aliphatic heterocycles. The molecule has 2 saturated carbocycles. The number of hydrogen-bond acceptors (Lipinski definition) is 3. The molecule has 0 bridgehead atoms. The van der Waals surface area contributed by atoms with E-state index in [0.29, 0.717) is 35.8 Å². The molecule has 0 spiro atoms. The molecule has 0 atom stereocenters. The van der Waals surface area contributed by atoms with Gasteiger partial charge in [-0.05, 0) is 50.8 Å². The second-order valence-electron chi connectivity index (χ2n) is 6.18. The number of amides is 1. The Hall–Kier alpha value is -1.71. The molecule has 0 radical (unpaired) electrons. The molecule has 0 N–H and O–H groups in total. The lowest BCUT2D eigenvalue weighted by atomic mass is 10.1. The molecule has 2 aliphatic rings. The standard InChI is InChI=1S/C18H25NO3/c1-3-22-16-11-8-13(12-17(16)21-2)18(20)19(15-9-10-15)14-6-4-5-7-14/h8,11-12,14-15H,3-7,9-10H2,1-2H3. The van der Waals surface area contributed by atoms with Gasteiger partial charge in [-0.25, -0.2) is 0 Å². The van der Waals surface area contributed by atoms with E-state index in [4.69, 9.17) is 9.47 Å². The zero-order chi connectivity index (χ0) is 15.5. The van der Waals surface area contributed by atoms with Crippen LogP contribution in [-0.4, -0.2) is 36.6 Å². The predicted molar refractivity (Wildman–Crippen MR) is 85.6 cm³/mol. The maximum absolute atomic E-state index is 13.0. The van der Waals surface area contributed by atoms with E-state index in [1.165, 1.54) is 12.8 Å². The molecule has 0 aromatic heterocycles. The van der Waals surface area contributed by atoms with Crippen LogP contribution in [0.4, 0.5) is 0 Å². The predicted octanol–water partition coefficient (Wildman–Crippen LogP) is 3.64. The topological polar surface area (TPSA) is 38.8 Å². The summed E-state index contributed by atoms with van der Waals surface area (Å²) in [5.74, 6) is 1.48. The van der Waals surface area contributed by atoms with Crippen molar-refractivity contribution in [3.8, 4) is 11.5 Å². The van der Waals surface area contributed by atoms with Crippen LogP contribution in [0, 0.1) is 0 Å². The molecule has 4 nitrogen and oxygen atoms in total. The Morgan fingerprint density at radius 3 is 2.41 bits per heavy atom. The highest BCUT2D eigenvalue weighted by Crippen LogP contribution is 2.36. The Bertz CT molecular complexity index is 533. The van der Waals surface area contributed by atoms with E-state index >= 15 is 0 Å². The minimum absolute atomic E-state index is 0.149. The van der Waals surface area contributed by atoms with Crippen LogP contribution < -0.4 is 9.47 Å². The average Bonchev–Trinajstić information content (AvgIpc) is 3.22. The first-order valence-electron chi connectivity index (χ1n) is 8.38. The lowest BCUT2D eigenvalue weighted by Crippen LogP contribution is -2.40. The summed E-state index contributed by atoms with van der Waals surface area (Å²) < 4.78 is 10.9. The van der Waals surface area contributed by atoms with Crippen molar-refractivity contribution in [3.63, 3.8) is 0 Å². The zero-order valence-corrected chi connectivity index (χ0v) is 13.5. The third-order valence-electron chi connectivity index (χ3n) is 4.60. The second kappa shape index (κ2) is 6.59. The van der Waals surface area contributed by atoms with E-state index in [0.717, 1.165) is 25.7 Å². The fourth-order valence-electron chi connectivity index (χ4n) is 3.39. The van der Waals surface area contributed by atoms with Gasteiger partial charge in [-0.2, -0.15) is 0 Å². The smallest absolute Gasteiger partial charge is 0.254 e. The maximum Gasteiger partial charge on any atom is 0.254 e. The molecule has 22 heavy (non-hydrogen) atoms. The Labute approximate surface area is 132 Å². The van der Waals surface area contributed by atoms with Gasteiger partial charge >= 0.3 is 0 Å². The minimum Gasteiger partial charge on any atom is -0.493 e. The summed E-state index contributed by atoms with van der Waals surface area (Å²) in [4.78, 5) is 15.1. The summed E-state index contributed by atoms with van der Waals surface area (Å²) in [5, 5.41) is 0. The quantitative estimate of drug-likeness (QED) is 0.805. The highest BCUT2D eigenvalue weighted by molar-refractivity contribution is 5.95. The number of rotatable bonds is 6. The molecule has 4 heteroatoms. The highest BCUT2D eigenvalue weighted by atomic mass is 16.5. The van der Waals surface area contributed by atoms with E-state index in [1.54, 1.807) is 7.11 Å². The van der Waals surface area contributed by atoms with Gasteiger partial charge in [0.2, 0.25) is 0 Å². The van der Waals surface area contributed by atoms with Crippen LogP contribution >= 0.6 is 0 Å². The van der Waals surface area contributed by atoms with Crippen molar-refractivity contribution in [2.75, 3.05) is 13.7 Å². The monoisotopic (exact) mass is 303 g/mol. The molecule has 1 amide bonds. The van der Waals surface area contributed by atoms with Crippen LogP contribution in [-0.2, 0) is 0 Å². The molecule has 0 heterocycles. The van der Waals surface area contributed by atoms with Crippen molar-refractivity contribution in [2.24, 2.45) is 0 Å². The summed E-state index contributed by atoms with van der Waals surface area (Å²) in [7, 11) is 1.61. The van der Waals surface area contributed by atoms with E-state index in [9.17, 15) is 4.79 Å². The fourth-order valence-corrected chi connectivity index (χ4v) is 3.39. The molecule has 2 aliphatic carbocycles. The van der Waals surface area contributed by atoms with Crippen LogP contribution in [0.25, 0.3) is 0 Å². The van der Waals surface area contributed by atoms with Crippen LogP contribution in [0.15, 0.2) is 18.2 Å². The molecule has 2 fully saturated rings. The van der Waals surface area contributed by atoms with Crippen molar-refractivity contribution in [1.29, 1.82) is 0 Å². The van der Waals surface area contributed by atoms with E-state index < -0.39 is 0 Å². The van der Waals surface area contributed by atoms with Gasteiger partial charge in [0.25, 0.3) is 5.91 Å². The summed E-state index contributed by atoms with van der Waals surface area (Å²) in [6, 6.07) is 6.40. The van der Waals surface area contributed by atoms with Gasteiger partial charge in [-0.1, -0.05) is 12.8 Å². The SMILES string of the molecule is CCOc1ccc(C(=O)N(C2CCCC2)C2CC2)cc1OC. The molecule has 0 saturated heterocycles. The Balaban J connectivity index is 1.83. The molecule has 1 aromatic carbocycles. The summed E-state index contributed by atoms with van der Waals surface area (Å²) in [6.07, 6.45) is 7.08. The van der Waals surface area contributed by atoms with Crippen LogP contribution in [0.1, 0.15) is 55.8 Å². The Morgan fingerprint density at radius 1 is 1.14 bits per heavy atom. The van der Waals surface area contributed by atoms with Gasteiger partial charge in [0.05, 0.1) is 13.7 Å². The minimum atomic E-state index is 0.149. The molecule has 0 unspecified atom stereocenters. The molecular weight excluding hydrogens is 278 g/mol. The largest absolute Gasteiger partial charge is 0.493 e. The van der Waals surface area contributed by atoms with Crippen molar-refractivity contribution >= 4 is 5.91 Å². The number of hydrogen-bond donors (Lipinski definition) is 0. The van der Waals surface area contributed by atoms with E-state index in [-0.39, 0.29) is 5.91 Å². The van der Waals surface area contributed by atoms with Gasteiger partial charge in [0.15, 0.2) is 11.5 Å². The summed E-state index contributed by atoms with van der Waals surface area (Å²) >= 11 is 0. The van der Waals surface area contributed by atoms with Gasteiger partial charge in [0, 0.05) is 17.6 Å². The van der Waals surface area contributed by atoms with Crippen LogP contribution in [0.3, 0.4) is 0 Å². The van der Waals surface area contributed by atoms with Crippen molar-refractivity contribution in [3.05, 3.63) is 23.8 Å². The van der Waals surface area contributed by atoms with E-state index in [1.807, 2.05) is 25.1 Å². The number of methoxy groups -OCH3 is 1. The molecular formula is C18H25NO3. The first kappa shape index (κ1) is 15.2. The Morgan fingerprint density at radius 2 is 1.82 bits per heavy atom. The molecule has 3 rings (SSSR count). The number of ether oxygens (including phenoxy) is 2. The highest BCUT2D eigenvalue weighted by Gasteiger charge is 2.38. The van der Waals surface area contributed by atoms with Gasteiger partial charge in [0.1, 0.15) is 0 Å². The fraction of sp³-hybridized carbons (Fsp3) is 0.611. The summed E-state index contributed by atoms with van der Waals surface area (Å²) in [5.41, 5.74) is 0.708. The normalized spacial score (nSPS) is 18.3. The van der Waals surface area contributed by atoms with Gasteiger partial charge < -0.3 is 14.4 Å². The third-order valence-corrected chi connectivity index (χ3v) is 4.60. The lowest BCUT2D eigenvalue weighted by molar-refractivity contribution is 0.0664. The van der Waals surface area contributed by atoms with Gasteiger partial charge in [-0.3, -0.25) is 4.79 Å². The molecule has 120 valence electrons. The van der Waals surface area contributed by atoms with Crippen molar-refractivity contribution < 1.29 is 14.3 Å².